The molecule has 2 aromatic rings. The van der Waals surface area contributed by atoms with Gasteiger partial charge in [-0.25, -0.2) is 0 Å². The SMILES string of the molecule is Cc1c(CNC2CC(c3cccc(Br)c3)C2)cnn1C. The van der Waals surface area contributed by atoms with Crippen molar-refractivity contribution < 1.29 is 0 Å². The van der Waals surface area contributed by atoms with Crippen molar-refractivity contribution in [1.29, 1.82) is 0 Å². The number of nitrogens with zero attached hydrogens (tertiary/aromatic N) is 2. The topological polar surface area (TPSA) is 29.9 Å². The Bertz CT molecular complexity index is 600. The molecule has 20 heavy (non-hydrogen) atoms. The summed E-state index contributed by atoms with van der Waals surface area (Å²) < 4.78 is 3.11. The number of hydrogen-bond donors (Lipinski definition) is 1. The van der Waals surface area contributed by atoms with E-state index in [4.69, 9.17) is 0 Å². The molecular formula is C16H20BrN3. The van der Waals surface area contributed by atoms with Crippen LogP contribution in [0.15, 0.2) is 34.9 Å². The minimum atomic E-state index is 0.638. The first kappa shape index (κ1) is 13.8. The van der Waals surface area contributed by atoms with E-state index in [1.807, 2.05) is 17.9 Å². The molecule has 1 aliphatic rings. The molecule has 3 nitrogen and oxygen atoms in total. The number of nitrogens with one attached hydrogen (secondary N) is 1. The summed E-state index contributed by atoms with van der Waals surface area (Å²) in [6.45, 7) is 3.05. The standard InChI is InChI=1S/C16H20BrN3/c1-11-14(10-19-20(11)2)9-18-16-7-13(8-16)12-4-3-5-15(17)6-12/h3-6,10,13,16,18H,7-9H2,1-2H3. The van der Waals surface area contributed by atoms with Crippen molar-refractivity contribution in [3.63, 3.8) is 0 Å². The molecule has 106 valence electrons. The summed E-state index contributed by atoms with van der Waals surface area (Å²) >= 11 is 3.55. The van der Waals surface area contributed by atoms with Crippen molar-refractivity contribution in [3.8, 4) is 0 Å². The van der Waals surface area contributed by atoms with Crippen molar-refractivity contribution in [2.75, 3.05) is 0 Å². The van der Waals surface area contributed by atoms with Crippen molar-refractivity contribution in [3.05, 3.63) is 51.8 Å². The third-order valence-electron chi connectivity index (χ3n) is 4.38. The van der Waals surface area contributed by atoms with Gasteiger partial charge in [0.15, 0.2) is 0 Å². The second-order valence-corrected chi connectivity index (χ2v) is 6.60. The third-order valence-corrected chi connectivity index (χ3v) is 4.87. The van der Waals surface area contributed by atoms with Gasteiger partial charge in [0, 0.05) is 35.4 Å². The average molecular weight is 334 g/mol. The Kier molecular flexibility index (Phi) is 3.94. The second kappa shape index (κ2) is 5.70. The number of aromatic nitrogens is 2. The Morgan fingerprint density at radius 1 is 1.40 bits per heavy atom. The maximum Gasteiger partial charge on any atom is 0.0537 e. The summed E-state index contributed by atoms with van der Waals surface area (Å²) in [5, 5.41) is 7.92. The molecule has 1 aromatic carbocycles. The Balaban J connectivity index is 1.50. The van der Waals surface area contributed by atoms with Crippen molar-refractivity contribution in [2.45, 2.75) is 38.3 Å². The van der Waals surface area contributed by atoms with Gasteiger partial charge in [0.05, 0.1) is 6.20 Å². The Hall–Kier alpha value is -1.13. The van der Waals surface area contributed by atoms with Crippen LogP contribution >= 0.6 is 15.9 Å². The minimum absolute atomic E-state index is 0.638. The van der Waals surface area contributed by atoms with Crippen LogP contribution in [0, 0.1) is 6.92 Å². The van der Waals surface area contributed by atoms with Crippen LogP contribution in [0.1, 0.15) is 35.6 Å². The first-order chi connectivity index (χ1) is 9.63. The highest BCUT2D eigenvalue weighted by Gasteiger charge is 2.29. The monoisotopic (exact) mass is 333 g/mol. The van der Waals surface area contributed by atoms with Crippen molar-refractivity contribution >= 4 is 15.9 Å². The summed E-state index contributed by atoms with van der Waals surface area (Å²) in [4.78, 5) is 0. The summed E-state index contributed by atoms with van der Waals surface area (Å²) in [5.74, 6) is 0.708. The zero-order valence-electron chi connectivity index (χ0n) is 11.9. The fourth-order valence-electron chi connectivity index (χ4n) is 2.79. The van der Waals surface area contributed by atoms with Crippen LogP contribution in [-0.2, 0) is 13.6 Å². The summed E-state index contributed by atoms with van der Waals surface area (Å²) in [6, 6.07) is 9.32. The quantitative estimate of drug-likeness (QED) is 0.927. The molecule has 4 heteroatoms. The number of benzene rings is 1. The lowest BCUT2D eigenvalue weighted by molar-refractivity contribution is 0.289. The molecule has 0 amide bonds. The zero-order chi connectivity index (χ0) is 14.1. The second-order valence-electron chi connectivity index (χ2n) is 5.68. The van der Waals surface area contributed by atoms with Gasteiger partial charge in [-0.1, -0.05) is 28.1 Å². The Morgan fingerprint density at radius 2 is 2.20 bits per heavy atom. The lowest BCUT2D eigenvalue weighted by Crippen LogP contribution is -2.39. The molecule has 3 rings (SSSR count). The first-order valence-electron chi connectivity index (χ1n) is 7.10. The van der Waals surface area contributed by atoms with E-state index in [9.17, 15) is 0 Å². The summed E-state index contributed by atoms with van der Waals surface area (Å²) in [6.07, 6.45) is 4.43. The van der Waals surface area contributed by atoms with E-state index in [2.05, 4.69) is 57.5 Å². The van der Waals surface area contributed by atoms with Gasteiger partial charge in [-0.2, -0.15) is 5.10 Å². The molecule has 0 bridgehead atoms. The van der Waals surface area contributed by atoms with Gasteiger partial charge in [-0.15, -0.1) is 0 Å². The average Bonchev–Trinajstić information content (AvgIpc) is 2.69. The van der Waals surface area contributed by atoms with Crippen LogP contribution < -0.4 is 5.32 Å². The Labute approximate surface area is 128 Å². The van der Waals surface area contributed by atoms with Gasteiger partial charge < -0.3 is 5.32 Å². The molecule has 1 aliphatic carbocycles. The van der Waals surface area contributed by atoms with Crippen LogP contribution in [-0.4, -0.2) is 15.8 Å². The molecule has 1 fully saturated rings. The van der Waals surface area contributed by atoms with Gasteiger partial charge in [0.2, 0.25) is 0 Å². The fraction of sp³-hybridized carbons (Fsp3) is 0.438. The lowest BCUT2D eigenvalue weighted by Gasteiger charge is -2.36. The van der Waals surface area contributed by atoms with Gasteiger partial charge in [0.25, 0.3) is 0 Å². The molecule has 1 heterocycles. The predicted octanol–water partition coefficient (Wildman–Crippen LogP) is 3.53. The molecule has 0 atom stereocenters. The lowest BCUT2D eigenvalue weighted by atomic mass is 9.76. The van der Waals surface area contributed by atoms with Crippen LogP contribution in [0.5, 0.6) is 0 Å². The van der Waals surface area contributed by atoms with E-state index in [0.29, 0.717) is 12.0 Å². The maximum atomic E-state index is 4.28. The first-order valence-corrected chi connectivity index (χ1v) is 7.89. The number of rotatable bonds is 4. The summed E-state index contributed by atoms with van der Waals surface area (Å²) in [7, 11) is 1.99. The molecule has 0 saturated heterocycles. The molecule has 1 saturated carbocycles. The molecule has 0 unspecified atom stereocenters. The normalized spacial score (nSPS) is 21.8. The summed E-state index contributed by atoms with van der Waals surface area (Å²) in [5.41, 5.74) is 4.01. The molecule has 0 aliphatic heterocycles. The highest BCUT2D eigenvalue weighted by Crippen LogP contribution is 2.37. The van der Waals surface area contributed by atoms with Gasteiger partial charge in [0.1, 0.15) is 0 Å². The van der Waals surface area contributed by atoms with E-state index in [-0.39, 0.29) is 0 Å². The molecule has 1 N–H and O–H groups in total. The van der Waals surface area contributed by atoms with Gasteiger partial charge >= 0.3 is 0 Å². The maximum absolute atomic E-state index is 4.28. The van der Waals surface area contributed by atoms with Crippen LogP contribution in [0.4, 0.5) is 0 Å². The number of aryl methyl sites for hydroxylation is 1. The Morgan fingerprint density at radius 3 is 2.85 bits per heavy atom. The highest BCUT2D eigenvalue weighted by molar-refractivity contribution is 9.10. The van der Waals surface area contributed by atoms with E-state index in [1.54, 1.807) is 0 Å². The highest BCUT2D eigenvalue weighted by atomic mass is 79.9. The van der Waals surface area contributed by atoms with Crippen LogP contribution in [0.2, 0.25) is 0 Å². The number of halogens is 1. The van der Waals surface area contributed by atoms with Gasteiger partial charge in [-0.3, -0.25) is 4.68 Å². The van der Waals surface area contributed by atoms with Crippen LogP contribution in [0.3, 0.4) is 0 Å². The van der Waals surface area contributed by atoms with E-state index in [1.165, 1.54) is 34.1 Å². The zero-order valence-corrected chi connectivity index (χ0v) is 13.5. The minimum Gasteiger partial charge on any atom is -0.310 e. The van der Waals surface area contributed by atoms with Crippen LogP contribution in [0.25, 0.3) is 0 Å². The van der Waals surface area contributed by atoms with E-state index < -0.39 is 0 Å². The molecule has 0 spiro atoms. The van der Waals surface area contributed by atoms with Crippen molar-refractivity contribution in [1.82, 2.24) is 15.1 Å². The number of hydrogen-bond acceptors (Lipinski definition) is 2. The van der Waals surface area contributed by atoms with Crippen molar-refractivity contribution in [2.24, 2.45) is 7.05 Å². The largest absolute Gasteiger partial charge is 0.310 e. The predicted molar refractivity (Wildman–Crippen MR) is 84.7 cm³/mol. The molecular weight excluding hydrogens is 314 g/mol. The van der Waals surface area contributed by atoms with Gasteiger partial charge in [-0.05, 0) is 43.4 Å². The third kappa shape index (κ3) is 2.81. The van der Waals surface area contributed by atoms with E-state index in [0.717, 1.165) is 6.54 Å². The molecule has 1 aromatic heterocycles. The van der Waals surface area contributed by atoms with E-state index >= 15 is 0 Å². The smallest absolute Gasteiger partial charge is 0.0537 e. The molecule has 0 radical (unpaired) electrons. The fourth-order valence-corrected chi connectivity index (χ4v) is 3.21.